The molecule has 3 aromatic rings. The zero-order valence-electron chi connectivity index (χ0n) is 11.9. The van der Waals surface area contributed by atoms with Crippen LogP contribution in [0.15, 0.2) is 43.0 Å². The smallest absolute Gasteiger partial charge is 0.182 e. The molecular weight excluding hydrogens is 266 g/mol. The van der Waals surface area contributed by atoms with E-state index in [9.17, 15) is 0 Å². The molecule has 2 aromatic heterocycles. The van der Waals surface area contributed by atoms with E-state index < -0.39 is 0 Å². The van der Waals surface area contributed by atoms with Crippen LogP contribution in [-0.2, 0) is 11.3 Å². The topological polar surface area (TPSA) is 66.9 Å². The summed E-state index contributed by atoms with van der Waals surface area (Å²) in [7, 11) is 1.70. The van der Waals surface area contributed by atoms with Crippen LogP contribution >= 0.6 is 0 Å². The van der Waals surface area contributed by atoms with Crippen LogP contribution in [0.4, 0.5) is 5.82 Å². The van der Waals surface area contributed by atoms with Crippen molar-refractivity contribution in [1.82, 2.24) is 19.9 Å². The van der Waals surface area contributed by atoms with Gasteiger partial charge >= 0.3 is 0 Å². The minimum absolute atomic E-state index is 0.631. The molecule has 0 radical (unpaired) electrons. The van der Waals surface area contributed by atoms with E-state index in [0.29, 0.717) is 12.3 Å². The van der Waals surface area contributed by atoms with Crippen molar-refractivity contribution in [3.8, 4) is 0 Å². The van der Waals surface area contributed by atoms with Gasteiger partial charge in [0.25, 0.3) is 0 Å². The molecule has 0 bridgehead atoms. The first-order valence-electron chi connectivity index (χ1n) is 6.80. The fraction of sp³-hybridized carbons (Fsp3) is 0.267. The lowest BCUT2D eigenvalue weighted by Gasteiger charge is -2.23. The second-order valence-electron chi connectivity index (χ2n) is 4.70. The van der Waals surface area contributed by atoms with Gasteiger partial charge in [0.05, 0.1) is 12.9 Å². The lowest BCUT2D eigenvalue weighted by Crippen LogP contribution is -2.28. The number of nitrogens with one attached hydrogen (secondary N) is 1. The SMILES string of the molecule is COCCN(Cc1ccccc1)c1ncnc2nc[nH]c12. The van der Waals surface area contributed by atoms with E-state index in [2.05, 4.69) is 37.0 Å². The Bertz CT molecular complexity index is 697. The van der Waals surface area contributed by atoms with Gasteiger partial charge < -0.3 is 14.6 Å². The van der Waals surface area contributed by atoms with Gasteiger partial charge in [0, 0.05) is 20.2 Å². The molecule has 6 nitrogen and oxygen atoms in total. The number of nitrogens with zero attached hydrogens (tertiary/aromatic N) is 4. The molecule has 0 amide bonds. The Morgan fingerprint density at radius 2 is 2.00 bits per heavy atom. The maximum atomic E-state index is 5.21. The van der Waals surface area contributed by atoms with E-state index >= 15 is 0 Å². The van der Waals surface area contributed by atoms with E-state index in [0.717, 1.165) is 24.4 Å². The number of aromatic amines is 1. The number of ether oxygens (including phenoxy) is 1. The minimum Gasteiger partial charge on any atom is -0.383 e. The maximum absolute atomic E-state index is 5.21. The summed E-state index contributed by atoms with van der Waals surface area (Å²) in [5.74, 6) is 0.846. The maximum Gasteiger partial charge on any atom is 0.182 e. The van der Waals surface area contributed by atoms with Gasteiger partial charge in [-0.05, 0) is 5.56 Å². The number of hydrogen-bond acceptors (Lipinski definition) is 5. The fourth-order valence-electron chi connectivity index (χ4n) is 2.26. The number of methoxy groups -OCH3 is 1. The molecule has 0 aliphatic rings. The molecule has 21 heavy (non-hydrogen) atoms. The van der Waals surface area contributed by atoms with Crippen molar-refractivity contribution in [2.45, 2.75) is 6.54 Å². The number of imidazole rings is 1. The molecule has 0 aliphatic heterocycles. The first kappa shape index (κ1) is 13.5. The highest BCUT2D eigenvalue weighted by Gasteiger charge is 2.14. The molecule has 0 aliphatic carbocycles. The Morgan fingerprint density at radius 1 is 1.14 bits per heavy atom. The van der Waals surface area contributed by atoms with Crippen LogP contribution in [0.2, 0.25) is 0 Å². The summed E-state index contributed by atoms with van der Waals surface area (Å²) >= 11 is 0. The van der Waals surface area contributed by atoms with Gasteiger partial charge in [-0.1, -0.05) is 30.3 Å². The third kappa shape index (κ3) is 3.00. The van der Waals surface area contributed by atoms with Crippen LogP contribution < -0.4 is 4.90 Å². The summed E-state index contributed by atoms with van der Waals surface area (Å²) in [6.45, 7) is 2.14. The molecule has 1 N–H and O–H groups in total. The Kier molecular flexibility index (Phi) is 4.07. The van der Waals surface area contributed by atoms with Gasteiger partial charge in [-0.2, -0.15) is 0 Å². The second-order valence-corrected chi connectivity index (χ2v) is 4.70. The molecule has 2 heterocycles. The minimum atomic E-state index is 0.631. The van der Waals surface area contributed by atoms with Crippen LogP contribution in [0.3, 0.4) is 0 Å². The van der Waals surface area contributed by atoms with Gasteiger partial charge in [0.15, 0.2) is 11.5 Å². The number of fused-ring (bicyclic) bond motifs is 1. The Hall–Kier alpha value is -2.47. The van der Waals surface area contributed by atoms with Crippen molar-refractivity contribution >= 4 is 17.0 Å². The average molecular weight is 283 g/mol. The Morgan fingerprint density at radius 3 is 2.81 bits per heavy atom. The predicted octanol–water partition coefficient (Wildman–Crippen LogP) is 2.01. The molecule has 3 rings (SSSR count). The lowest BCUT2D eigenvalue weighted by atomic mass is 10.2. The Balaban J connectivity index is 1.93. The van der Waals surface area contributed by atoms with E-state index in [-0.39, 0.29) is 0 Å². The predicted molar refractivity (Wildman–Crippen MR) is 81.1 cm³/mol. The highest BCUT2D eigenvalue weighted by Crippen LogP contribution is 2.21. The lowest BCUT2D eigenvalue weighted by molar-refractivity contribution is 0.205. The van der Waals surface area contributed by atoms with E-state index in [4.69, 9.17) is 4.74 Å². The zero-order valence-corrected chi connectivity index (χ0v) is 11.9. The molecule has 0 atom stereocenters. The summed E-state index contributed by atoms with van der Waals surface area (Å²) in [6, 6.07) is 10.3. The zero-order chi connectivity index (χ0) is 14.5. The summed E-state index contributed by atoms with van der Waals surface area (Å²) in [4.78, 5) is 18.0. The fourth-order valence-corrected chi connectivity index (χ4v) is 2.26. The number of rotatable bonds is 6. The molecule has 108 valence electrons. The van der Waals surface area contributed by atoms with Gasteiger partial charge in [-0.25, -0.2) is 15.0 Å². The molecule has 0 saturated heterocycles. The van der Waals surface area contributed by atoms with E-state index in [1.54, 1.807) is 19.8 Å². The summed E-state index contributed by atoms with van der Waals surface area (Å²) in [5.41, 5.74) is 2.75. The third-order valence-electron chi connectivity index (χ3n) is 3.28. The van der Waals surface area contributed by atoms with Crippen LogP contribution in [0.1, 0.15) is 5.56 Å². The number of benzene rings is 1. The van der Waals surface area contributed by atoms with Crippen molar-refractivity contribution in [3.63, 3.8) is 0 Å². The first-order chi connectivity index (χ1) is 10.4. The average Bonchev–Trinajstić information content (AvgIpc) is 3.01. The van der Waals surface area contributed by atoms with Crippen molar-refractivity contribution in [2.24, 2.45) is 0 Å². The highest BCUT2D eigenvalue weighted by atomic mass is 16.5. The molecule has 0 unspecified atom stereocenters. The first-order valence-corrected chi connectivity index (χ1v) is 6.80. The van der Waals surface area contributed by atoms with Gasteiger partial charge in [-0.3, -0.25) is 0 Å². The Labute approximate surface area is 122 Å². The van der Waals surface area contributed by atoms with Gasteiger partial charge in [0.1, 0.15) is 11.8 Å². The number of aromatic nitrogens is 4. The van der Waals surface area contributed by atoms with Gasteiger partial charge in [-0.15, -0.1) is 0 Å². The summed E-state index contributed by atoms with van der Waals surface area (Å²) < 4.78 is 5.21. The molecule has 0 spiro atoms. The molecule has 1 aromatic carbocycles. The highest BCUT2D eigenvalue weighted by molar-refractivity contribution is 5.82. The molecular formula is C15H17N5O. The van der Waals surface area contributed by atoms with E-state index in [1.807, 2.05) is 18.2 Å². The van der Waals surface area contributed by atoms with Crippen LogP contribution in [0, 0.1) is 0 Å². The van der Waals surface area contributed by atoms with E-state index in [1.165, 1.54) is 5.56 Å². The normalized spacial score (nSPS) is 10.9. The van der Waals surface area contributed by atoms with Crippen molar-refractivity contribution in [3.05, 3.63) is 48.5 Å². The third-order valence-corrected chi connectivity index (χ3v) is 3.28. The van der Waals surface area contributed by atoms with Gasteiger partial charge in [0.2, 0.25) is 0 Å². The number of H-pyrrole nitrogens is 1. The second kappa shape index (κ2) is 6.32. The summed E-state index contributed by atoms with van der Waals surface area (Å²) in [6.07, 6.45) is 3.18. The largest absolute Gasteiger partial charge is 0.383 e. The molecule has 0 saturated carbocycles. The molecule has 0 fully saturated rings. The monoisotopic (exact) mass is 283 g/mol. The van der Waals surface area contributed by atoms with Crippen LogP contribution in [-0.4, -0.2) is 40.2 Å². The van der Waals surface area contributed by atoms with Crippen molar-refractivity contribution in [2.75, 3.05) is 25.2 Å². The standard InChI is InChI=1S/C15H17N5O/c1-21-8-7-20(9-12-5-3-2-4-6-12)15-13-14(17-10-16-13)18-11-19-15/h2-6,10-11H,7-9H2,1H3,(H,16,17,18,19). The molecule has 6 heteroatoms. The summed E-state index contributed by atoms with van der Waals surface area (Å²) in [5, 5.41) is 0. The van der Waals surface area contributed by atoms with Crippen molar-refractivity contribution in [1.29, 1.82) is 0 Å². The number of anilines is 1. The number of hydrogen-bond donors (Lipinski definition) is 1. The quantitative estimate of drug-likeness (QED) is 0.749. The van der Waals surface area contributed by atoms with Crippen LogP contribution in [0.25, 0.3) is 11.2 Å². The van der Waals surface area contributed by atoms with Crippen molar-refractivity contribution < 1.29 is 4.74 Å². The van der Waals surface area contributed by atoms with Crippen LogP contribution in [0.5, 0.6) is 0 Å².